The Hall–Kier alpha value is -2.13. The monoisotopic (exact) mass is 303 g/mol. The van der Waals surface area contributed by atoms with E-state index in [-0.39, 0.29) is 0 Å². The summed E-state index contributed by atoms with van der Waals surface area (Å²) in [5.41, 5.74) is 7.35. The number of nitriles is 1. The Morgan fingerprint density at radius 1 is 1.28 bits per heavy atom. The Labute approximate surface area is 113 Å². The fourth-order valence-electron chi connectivity index (χ4n) is 1.39. The molecule has 0 bridgehead atoms. The van der Waals surface area contributed by atoms with E-state index in [0.29, 0.717) is 28.2 Å². The Bertz CT molecular complexity index is 588. The molecule has 1 aromatic heterocycles. The predicted molar refractivity (Wildman–Crippen MR) is 72.6 cm³/mol. The molecule has 0 atom stereocenters. The molecule has 0 aliphatic carbocycles. The van der Waals surface area contributed by atoms with Crippen LogP contribution in [0.15, 0.2) is 35.1 Å². The first-order valence-corrected chi connectivity index (χ1v) is 5.99. The van der Waals surface area contributed by atoms with Crippen LogP contribution in [0, 0.1) is 11.3 Å². The second-order valence-electron chi connectivity index (χ2n) is 3.58. The Balaban J connectivity index is 2.07. The summed E-state index contributed by atoms with van der Waals surface area (Å²) in [6, 6.07) is 9.42. The van der Waals surface area contributed by atoms with Crippen LogP contribution >= 0.6 is 15.9 Å². The molecule has 1 heterocycles. The fourth-order valence-corrected chi connectivity index (χ4v) is 1.73. The summed E-state index contributed by atoms with van der Waals surface area (Å²) in [7, 11) is 0. The summed E-state index contributed by atoms with van der Waals surface area (Å²) >= 11 is 3.32. The molecule has 90 valence electrons. The number of halogens is 1. The summed E-state index contributed by atoms with van der Waals surface area (Å²) in [4.78, 5) is 7.95. The minimum atomic E-state index is 0.396. The van der Waals surface area contributed by atoms with E-state index in [4.69, 9.17) is 11.0 Å². The maximum absolute atomic E-state index is 8.70. The van der Waals surface area contributed by atoms with E-state index in [0.717, 1.165) is 5.56 Å². The van der Waals surface area contributed by atoms with E-state index in [9.17, 15) is 0 Å². The number of benzene rings is 1. The number of rotatable bonds is 3. The number of aromatic nitrogens is 2. The molecule has 0 aliphatic rings. The molecule has 6 heteroatoms. The molecule has 0 fully saturated rings. The van der Waals surface area contributed by atoms with Crippen molar-refractivity contribution in [2.45, 2.75) is 6.54 Å². The van der Waals surface area contributed by atoms with Crippen molar-refractivity contribution in [3.63, 3.8) is 0 Å². The van der Waals surface area contributed by atoms with Gasteiger partial charge in [-0.25, -0.2) is 9.97 Å². The number of nitrogens with one attached hydrogen (secondary N) is 1. The van der Waals surface area contributed by atoms with E-state index >= 15 is 0 Å². The molecular weight excluding hydrogens is 294 g/mol. The van der Waals surface area contributed by atoms with Crippen molar-refractivity contribution in [3.05, 3.63) is 46.2 Å². The smallest absolute Gasteiger partial charge is 0.146 e. The van der Waals surface area contributed by atoms with Gasteiger partial charge in [-0.1, -0.05) is 12.1 Å². The first kappa shape index (κ1) is 12.3. The van der Waals surface area contributed by atoms with Crippen LogP contribution in [0.25, 0.3) is 0 Å². The molecule has 2 rings (SSSR count). The van der Waals surface area contributed by atoms with Gasteiger partial charge in [0.1, 0.15) is 22.4 Å². The number of anilines is 2. The zero-order chi connectivity index (χ0) is 13.0. The predicted octanol–water partition coefficient (Wildman–Crippen LogP) is 2.31. The molecule has 0 aliphatic heterocycles. The molecule has 0 unspecified atom stereocenters. The van der Waals surface area contributed by atoms with Crippen molar-refractivity contribution in [2.75, 3.05) is 11.1 Å². The maximum Gasteiger partial charge on any atom is 0.146 e. The van der Waals surface area contributed by atoms with Crippen molar-refractivity contribution in [2.24, 2.45) is 0 Å². The van der Waals surface area contributed by atoms with E-state index in [1.54, 1.807) is 12.1 Å². The molecule has 18 heavy (non-hydrogen) atoms. The van der Waals surface area contributed by atoms with Crippen molar-refractivity contribution < 1.29 is 0 Å². The van der Waals surface area contributed by atoms with Crippen LogP contribution in [0.4, 0.5) is 11.6 Å². The zero-order valence-corrected chi connectivity index (χ0v) is 11.0. The van der Waals surface area contributed by atoms with Gasteiger partial charge in [0.05, 0.1) is 11.6 Å². The van der Waals surface area contributed by atoms with Gasteiger partial charge in [-0.15, -0.1) is 0 Å². The lowest BCUT2D eigenvalue weighted by Gasteiger charge is -2.08. The molecule has 2 aromatic rings. The SMILES string of the molecule is N#Cc1ccc(CNc2ncnc(N)c2Br)cc1. The first-order valence-electron chi connectivity index (χ1n) is 5.19. The molecule has 0 saturated carbocycles. The topological polar surface area (TPSA) is 87.6 Å². The molecule has 1 aromatic carbocycles. The number of nitrogen functional groups attached to an aromatic ring is 1. The van der Waals surface area contributed by atoms with Crippen LogP contribution in [0.3, 0.4) is 0 Å². The van der Waals surface area contributed by atoms with Crippen LogP contribution in [0.5, 0.6) is 0 Å². The van der Waals surface area contributed by atoms with Gasteiger partial charge in [-0.2, -0.15) is 5.26 Å². The molecular formula is C12H10BrN5. The summed E-state index contributed by atoms with van der Waals surface area (Å²) in [5.74, 6) is 1.04. The Kier molecular flexibility index (Phi) is 3.75. The Morgan fingerprint density at radius 3 is 2.67 bits per heavy atom. The number of nitrogens with two attached hydrogens (primary N) is 1. The maximum atomic E-state index is 8.70. The normalized spacial score (nSPS) is 9.78. The third kappa shape index (κ3) is 2.76. The highest BCUT2D eigenvalue weighted by molar-refractivity contribution is 9.10. The second-order valence-corrected chi connectivity index (χ2v) is 4.38. The van der Waals surface area contributed by atoms with Gasteiger partial charge in [-0.05, 0) is 33.6 Å². The molecule has 0 spiro atoms. The van der Waals surface area contributed by atoms with Crippen molar-refractivity contribution in [3.8, 4) is 6.07 Å². The molecule has 5 nitrogen and oxygen atoms in total. The molecule has 0 radical (unpaired) electrons. The third-order valence-electron chi connectivity index (χ3n) is 2.36. The van der Waals surface area contributed by atoms with Crippen molar-refractivity contribution in [1.29, 1.82) is 5.26 Å². The van der Waals surface area contributed by atoms with Crippen LogP contribution in [-0.4, -0.2) is 9.97 Å². The third-order valence-corrected chi connectivity index (χ3v) is 3.14. The van der Waals surface area contributed by atoms with Gasteiger partial charge in [0.2, 0.25) is 0 Å². The van der Waals surface area contributed by atoms with Crippen LogP contribution in [-0.2, 0) is 6.54 Å². The highest BCUT2D eigenvalue weighted by Crippen LogP contribution is 2.24. The van der Waals surface area contributed by atoms with E-state index in [2.05, 4.69) is 37.3 Å². The van der Waals surface area contributed by atoms with Gasteiger partial charge in [0.25, 0.3) is 0 Å². The molecule has 0 amide bonds. The van der Waals surface area contributed by atoms with Crippen LogP contribution in [0.1, 0.15) is 11.1 Å². The fraction of sp³-hybridized carbons (Fsp3) is 0.0833. The average Bonchev–Trinajstić information content (AvgIpc) is 2.41. The molecule has 0 saturated heterocycles. The van der Waals surface area contributed by atoms with Gasteiger partial charge >= 0.3 is 0 Å². The largest absolute Gasteiger partial charge is 0.383 e. The van der Waals surface area contributed by atoms with E-state index < -0.39 is 0 Å². The Morgan fingerprint density at radius 2 is 2.00 bits per heavy atom. The van der Waals surface area contributed by atoms with Gasteiger partial charge in [-0.3, -0.25) is 0 Å². The lowest BCUT2D eigenvalue weighted by atomic mass is 10.1. The lowest BCUT2D eigenvalue weighted by molar-refractivity contribution is 1.07. The summed E-state index contributed by atoms with van der Waals surface area (Å²) in [6.07, 6.45) is 1.40. The quantitative estimate of drug-likeness (QED) is 0.908. The van der Waals surface area contributed by atoms with Crippen LogP contribution < -0.4 is 11.1 Å². The van der Waals surface area contributed by atoms with E-state index in [1.807, 2.05) is 12.1 Å². The van der Waals surface area contributed by atoms with Crippen molar-refractivity contribution >= 4 is 27.6 Å². The first-order chi connectivity index (χ1) is 8.70. The minimum Gasteiger partial charge on any atom is -0.383 e. The van der Waals surface area contributed by atoms with Crippen molar-refractivity contribution in [1.82, 2.24) is 9.97 Å². The average molecular weight is 304 g/mol. The number of hydrogen-bond donors (Lipinski definition) is 2. The molecule has 3 N–H and O–H groups in total. The number of nitrogens with zero attached hydrogens (tertiary/aromatic N) is 3. The van der Waals surface area contributed by atoms with Gasteiger partial charge in [0.15, 0.2) is 0 Å². The lowest BCUT2D eigenvalue weighted by Crippen LogP contribution is -2.04. The highest BCUT2D eigenvalue weighted by Gasteiger charge is 2.05. The van der Waals surface area contributed by atoms with Gasteiger partial charge in [0, 0.05) is 6.54 Å². The van der Waals surface area contributed by atoms with Gasteiger partial charge < -0.3 is 11.1 Å². The highest BCUT2D eigenvalue weighted by atomic mass is 79.9. The zero-order valence-electron chi connectivity index (χ0n) is 9.39. The summed E-state index contributed by atoms with van der Waals surface area (Å²) < 4.78 is 0.652. The number of hydrogen-bond acceptors (Lipinski definition) is 5. The summed E-state index contributed by atoms with van der Waals surface area (Å²) in [5, 5.41) is 11.8. The second kappa shape index (κ2) is 5.47. The summed E-state index contributed by atoms with van der Waals surface area (Å²) in [6.45, 7) is 0.598. The minimum absolute atomic E-state index is 0.396. The standard InChI is InChI=1S/C12H10BrN5/c13-10-11(15)17-7-18-12(10)16-6-9-3-1-8(5-14)2-4-9/h1-4,7H,6H2,(H3,15,16,17,18). The van der Waals surface area contributed by atoms with Crippen LogP contribution in [0.2, 0.25) is 0 Å². The van der Waals surface area contributed by atoms with E-state index in [1.165, 1.54) is 6.33 Å².